The van der Waals surface area contributed by atoms with Crippen LogP contribution in [0, 0.1) is 0 Å². The molecule has 14 heavy (non-hydrogen) atoms. The summed E-state index contributed by atoms with van der Waals surface area (Å²) in [6, 6.07) is 2.97. The summed E-state index contributed by atoms with van der Waals surface area (Å²) >= 11 is 3.29. The fourth-order valence-corrected chi connectivity index (χ4v) is 1.20. The van der Waals surface area contributed by atoms with Crippen LogP contribution < -0.4 is 0 Å². The lowest BCUT2D eigenvalue weighted by Gasteiger charge is -2.11. The molecule has 2 nitrogen and oxygen atoms in total. The zero-order valence-corrected chi connectivity index (χ0v) is 7.56. The highest BCUT2D eigenvalue weighted by Crippen LogP contribution is 2.38. The van der Waals surface area contributed by atoms with Crippen LogP contribution in [-0.2, 0) is 6.18 Å². The van der Waals surface area contributed by atoms with Crippen LogP contribution in [0.5, 0.6) is 5.75 Å². The van der Waals surface area contributed by atoms with E-state index in [1.165, 1.54) is 0 Å². The van der Waals surface area contributed by atoms with E-state index in [0.29, 0.717) is 0 Å². The highest BCUT2D eigenvalue weighted by Gasteiger charge is 2.37. The predicted octanol–water partition coefficient (Wildman–Crippen LogP) is 2.48. The fourth-order valence-electron chi connectivity index (χ4n) is 1.02. The van der Waals surface area contributed by atoms with Crippen molar-refractivity contribution in [2.45, 2.75) is 6.18 Å². The van der Waals surface area contributed by atoms with E-state index in [-0.39, 0.29) is 0 Å². The Morgan fingerprint density at radius 3 is 2.29 bits per heavy atom. The van der Waals surface area contributed by atoms with E-state index < -0.39 is 28.2 Å². The number of phenolic OH excluding ortho intramolecular Hbond substituents is 1. The number of hydrogen-bond acceptors (Lipinski definition) is 2. The van der Waals surface area contributed by atoms with Crippen LogP contribution in [0.25, 0.3) is 0 Å². The molecule has 0 amide bonds. The Balaban J connectivity index is 3.45. The number of alkyl halides is 3. The van der Waals surface area contributed by atoms with Crippen molar-refractivity contribution in [2.75, 3.05) is 0 Å². The van der Waals surface area contributed by atoms with Crippen molar-refractivity contribution in [3.8, 4) is 5.75 Å². The van der Waals surface area contributed by atoms with Gasteiger partial charge >= 0.3 is 6.18 Å². The topological polar surface area (TPSA) is 37.3 Å². The number of halogens is 3. The lowest BCUT2D eigenvalue weighted by atomic mass is 10.1. The van der Waals surface area contributed by atoms with Gasteiger partial charge in [0.1, 0.15) is 11.3 Å². The van der Waals surface area contributed by atoms with Crippen LogP contribution in [0.4, 0.5) is 13.2 Å². The van der Waals surface area contributed by atoms with Gasteiger partial charge in [-0.3, -0.25) is 4.79 Å². The molecule has 0 aliphatic rings. The fraction of sp³-hybridized carbons (Fsp3) is 0.125. The normalized spacial score (nSPS) is 11.4. The number of rotatable bonds is 1. The standard InChI is InChI=1S/C8H5F3O2S/c9-8(10,11)6-4(7(13)14)2-1-3-5(6)12/h1-3,12H,(H,13,14). The molecule has 0 saturated heterocycles. The van der Waals surface area contributed by atoms with Crippen molar-refractivity contribution >= 4 is 17.7 Å². The summed E-state index contributed by atoms with van der Waals surface area (Å²) in [5, 5.41) is 7.94. The first-order chi connectivity index (χ1) is 6.34. The van der Waals surface area contributed by atoms with Crippen LogP contribution in [0.15, 0.2) is 18.2 Å². The maximum atomic E-state index is 12.3. The average molecular weight is 222 g/mol. The van der Waals surface area contributed by atoms with Gasteiger partial charge in [0, 0.05) is 5.56 Å². The third-order valence-corrected chi connectivity index (χ3v) is 1.80. The van der Waals surface area contributed by atoms with Gasteiger partial charge < -0.3 is 5.11 Å². The maximum absolute atomic E-state index is 12.3. The summed E-state index contributed by atoms with van der Waals surface area (Å²) in [5.41, 5.74) is -2.00. The molecule has 0 heterocycles. The Kier molecular flexibility index (Phi) is 2.75. The highest BCUT2D eigenvalue weighted by atomic mass is 32.1. The average Bonchev–Trinajstić information content (AvgIpc) is 2.01. The summed E-state index contributed by atoms with van der Waals surface area (Å²) in [4.78, 5) is 10.7. The quantitative estimate of drug-likeness (QED) is 0.716. The van der Waals surface area contributed by atoms with E-state index in [4.69, 9.17) is 5.11 Å². The van der Waals surface area contributed by atoms with Crippen LogP contribution >= 0.6 is 12.6 Å². The molecular weight excluding hydrogens is 217 g/mol. The van der Waals surface area contributed by atoms with E-state index >= 15 is 0 Å². The molecule has 0 saturated carbocycles. The smallest absolute Gasteiger partial charge is 0.420 e. The Morgan fingerprint density at radius 2 is 1.93 bits per heavy atom. The van der Waals surface area contributed by atoms with Crippen molar-refractivity contribution in [3.63, 3.8) is 0 Å². The Hall–Kier alpha value is -1.17. The van der Waals surface area contributed by atoms with E-state index in [1.54, 1.807) is 0 Å². The summed E-state index contributed by atoms with van der Waals surface area (Å²) in [6.45, 7) is 0. The van der Waals surface area contributed by atoms with Crippen molar-refractivity contribution in [2.24, 2.45) is 0 Å². The lowest BCUT2D eigenvalue weighted by Crippen LogP contribution is -2.11. The number of hydrogen-bond donors (Lipinski definition) is 2. The van der Waals surface area contributed by atoms with E-state index in [2.05, 4.69) is 12.6 Å². The molecule has 0 unspecified atom stereocenters. The molecule has 0 aliphatic heterocycles. The van der Waals surface area contributed by atoms with Gasteiger partial charge in [0.2, 0.25) is 5.12 Å². The van der Waals surface area contributed by atoms with Crippen LogP contribution in [0.3, 0.4) is 0 Å². The first-order valence-corrected chi connectivity index (χ1v) is 3.91. The molecule has 0 aliphatic carbocycles. The van der Waals surface area contributed by atoms with Gasteiger partial charge in [-0.15, -0.1) is 12.6 Å². The van der Waals surface area contributed by atoms with Crippen molar-refractivity contribution < 1.29 is 23.1 Å². The van der Waals surface area contributed by atoms with E-state index in [0.717, 1.165) is 18.2 Å². The van der Waals surface area contributed by atoms with E-state index in [1.807, 2.05) is 0 Å². The summed E-state index contributed by atoms with van der Waals surface area (Å²) in [6.07, 6.45) is -4.76. The molecule has 6 heteroatoms. The van der Waals surface area contributed by atoms with Gasteiger partial charge in [-0.05, 0) is 12.1 Å². The first-order valence-electron chi connectivity index (χ1n) is 3.46. The molecule has 0 spiro atoms. The molecule has 1 aromatic carbocycles. The highest BCUT2D eigenvalue weighted by molar-refractivity contribution is 7.97. The molecule has 1 rings (SSSR count). The van der Waals surface area contributed by atoms with Gasteiger partial charge in [0.15, 0.2) is 0 Å². The zero-order valence-electron chi connectivity index (χ0n) is 6.67. The third-order valence-electron chi connectivity index (χ3n) is 1.56. The SMILES string of the molecule is O=C(S)c1cccc(O)c1C(F)(F)F. The molecule has 0 aromatic heterocycles. The predicted molar refractivity (Wildman–Crippen MR) is 46.4 cm³/mol. The summed E-state index contributed by atoms with van der Waals surface area (Å²) in [5.74, 6) is -0.975. The molecule has 0 radical (unpaired) electrons. The molecule has 1 N–H and O–H groups in total. The number of carbonyl (C=O) groups is 1. The second kappa shape index (κ2) is 3.53. The van der Waals surface area contributed by atoms with Gasteiger partial charge in [-0.1, -0.05) is 6.07 Å². The largest absolute Gasteiger partial charge is 0.507 e. The molecule has 76 valence electrons. The number of benzene rings is 1. The number of carbonyl (C=O) groups excluding carboxylic acids is 1. The third kappa shape index (κ3) is 2.01. The second-order valence-corrected chi connectivity index (χ2v) is 2.91. The van der Waals surface area contributed by atoms with Crippen molar-refractivity contribution in [3.05, 3.63) is 29.3 Å². The summed E-state index contributed by atoms with van der Waals surface area (Å²) < 4.78 is 37.0. The Morgan fingerprint density at radius 1 is 1.36 bits per heavy atom. The minimum Gasteiger partial charge on any atom is -0.507 e. The van der Waals surface area contributed by atoms with Crippen LogP contribution in [-0.4, -0.2) is 10.2 Å². The van der Waals surface area contributed by atoms with Gasteiger partial charge in [-0.2, -0.15) is 13.2 Å². The maximum Gasteiger partial charge on any atom is 0.420 e. The van der Waals surface area contributed by atoms with E-state index in [9.17, 15) is 18.0 Å². The monoisotopic (exact) mass is 222 g/mol. The molecule has 0 fully saturated rings. The summed E-state index contributed by atoms with van der Waals surface area (Å²) in [7, 11) is 0. The van der Waals surface area contributed by atoms with Gasteiger partial charge in [-0.25, -0.2) is 0 Å². The zero-order chi connectivity index (χ0) is 10.9. The van der Waals surface area contributed by atoms with Crippen LogP contribution in [0.2, 0.25) is 0 Å². The first kappa shape index (κ1) is 10.9. The van der Waals surface area contributed by atoms with Gasteiger partial charge in [0.25, 0.3) is 0 Å². The number of thiol groups is 1. The number of aromatic hydroxyl groups is 1. The molecule has 1 aromatic rings. The lowest BCUT2D eigenvalue weighted by molar-refractivity contribution is -0.139. The number of phenols is 1. The Labute approximate surface area is 82.8 Å². The van der Waals surface area contributed by atoms with Crippen molar-refractivity contribution in [1.82, 2.24) is 0 Å². The minimum atomic E-state index is -4.76. The Bertz CT molecular complexity index is 373. The molecule has 0 bridgehead atoms. The minimum absolute atomic E-state index is 0.652. The van der Waals surface area contributed by atoms with Gasteiger partial charge in [0.05, 0.1) is 0 Å². The molecular formula is C8H5F3O2S. The van der Waals surface area contributed by atoms with Crippen molar-refractivity contribution in [1.29, 1.82) is 0 Å². The molecule has 0 atom stereocenters. The second-order valence-electron chi connectivity index (χ2n) is 2.50. The van der Waals surface area contributed by atoms with Crippen LogP contribution in [0.1, 0.15) is 15.9 Å².